The summed E-state index contributed by atoms with van der Waals surface area (Å²) >= 11 is 3.29. The molecule has 0 N–H and O–H groups in total. The number of pyridine rings is 2. The minimum atomic E-state index is 0.252. The molecule has 0 aliphatic carbocycles. The predicted octanol–water partition coefficient (Wildman–Crippen LogP) is 2.90. The maximum atomic E-state index is 8.83. The zero-order valence-electron chi connectivity index (χ0n) is 8.09. The highest BCUT2D eigenvalue weighted by molar-refractivity contribution is 9.10. The molecule has 5 heteroatoms. The van der Waals surface area contributed by atoms with Gasteiger partial charge in [-0.1, -0.05) is 0 Å². The van der Waals surface area contributed by atoms with Gasteiger partial charge >= 0.3 is 0 Å². The molecule has 0 unspecified atom stereocenters. The number of rotatable bonds is 2. The van der Waals surface area contributed by atoms with E-state index >= 15 is 0 Å². The van der Waals surface area contributed by atoms with Crippen LogP contribution in [0, 0.1) is 11.3 Å². The van der Waals surface area contributed by atoms with E-state index in [1.165, 1.54) is 0 Å². The molecule has 0 aliphatic heterocycles. The van der Waals surface area contributed by atoms with Gasteiger partial charge in [-0.15, -0.1) is 0 Å². The van der Waals surface area contributed by atoms with Gasteiger partial charge in [0.2, 0.25) is 0 Å². The first-order valence-electron chi connectivity index (χ1n) is 4.43. The molecule has 0 saturated carbocycles. The molecular weight excluding hydrogens is 270 g/mol. The molecule has 2 aromatic rings. The average molecular weight is 276 g/mol. The summed E-state index contributed by atoms with van der Waals surface area (Å²) in [5.74, 6) is 0.976. The molecule has 2 rings (SSSR count). The second-order valence-electron chi connectivity index (χ2n) is 2.90. The number of nitriles is 1. The summed E-state index contributed by atoms with van der Waals surface area (Å²) in [5.41, 5.74) is 0.252. The number of aromatic nitrogens is 2. The molecule has 0 aromatic carbocycles. The molecule has 0 saturated heterocycles. The van der Waals surface area contributed by atoms with Crippen LogP contribution in [0.1, 0.15) is 5.69 Å². The van der Waals surface area contributed by atoms with Gasteiger partial charge in [-0.3, -0.25) is 4.98 Å². The highest BCUT2D eigenvalue weighted by Gasteiger charge is 2.05. The van der Waals surface area contributed by atoms with Crippen molar-refractivity contribution in [2.24, 2.45) is 0 Å². The third kappa shape index (κ3) is 2.35. The van der Waals surface area contributed by atoms with Crippen molar-refractivity contribution in [3.8, 4) is 17.6 Å². The Morgan fingerprint density at radius 2 is 2.25 bits per heavy atom. The quantitative estimate of drug-likeness (QED) is 0.846. The van der Waals surface area contributed by atoms with E-state index in [-0.39, 0.29) is 5.69 Å². The molecule has 0 aliphatic rings. The highest BCUT2D eigenvalue weighted by Crippen LogP contribution is 2.24. The Bertz CT molecular complexity index is 551. The van der Waals surface area contributed by atoms with E-state index in [4.69, 9.17) is 10.00 Å². The first-order valence-corrected chi connectivity index (χ1v) is 5.22. The molecule has 0 radical (unpaired) electrons. The molecule has 78 valence electrons. The normalized spacial score (nSPS) is 9.50. The van der Waals surface area contributed by atoms with Gasteiger partial charge in [0.1, 0.15) is 11.8 Å². The summed E-state index contributed by atoms with van der Waals surface area (Å²) in [6.07, 6.45) is 4.77. The van der Waals surface area contributed by atoms with Crippen LogP contribution in [0.25, 0.3) is 0 Å². The van der Waals surface area contributed by atoms with Crippen molar-refractivity contribution in [3.63, 3.8) is 0 Å². The molecule has 4 nitrogen and oxygen atoms in total. The fourth-order valence-electron chi connectivity index (χ4n) is 1.13. The Labute approximate surface area is 101 Å². The smallest absolute Gasteiger partial charge is 0.183 e. The van der Waals surface area contributed by atoms with Gasteiger partial charge in [0, 0.05) is 16.9 Å². The van der Waals surface area contributed by atoms with Crippen LogP contribution in [0.5, 0.6) is 11.5 Å². The lowest BCUT2D eigenvalue weighted by Crippen LogP contribution is -1.91. The third-order valence-electron chi connectivity index (χ3n) is 1.78. The van der Waals surface area contributed by atoms with Crippen molar-refractivity contribution in [1.82, 2.24) is 9.97 Å². The Morgan fingerprint density at radius 1 is 1.38 bits per heavy atom. The number of hydrogen-bond acceptors (Lipinski definition) is 4. The van der Waals surface area contributed by atoms with E-state index < -0.39 is 0 Å². The second-order valence-corrected chi connectivity index (χ2v) is 3.82. The van der Waals surface area contributed by atoms with Crippen molar-refractivity contribution in [3.05, 3.63) is 47.0 Å². The summed E-state index contributed by atoms with van der Waals surface area (Å²) in [4.78, 5) is 7.86. The summed E-state index contributed by atoms with van der Waals surface area (Å²) in [5, 5.41) is 8.83. The molecule has 0 atom stereocenters. The highest BCUT2D eigenvalue weighted by atomic mass is 79.9. The lowest BCUT2D eigenvalue weighted by atomic mass is 10.3. The van der Waals surface area contributed by atoms with Gasteiger partial charge in [0.25, 0.3) is 0 Å². The van der Waals surface area contributed by atoms with Gasteiger partial charge in [0.15, 0.2) is 11.4 Å². The van der Waals surface area contributed by atoms with Gasteiger partial charge in [-0.2, -0.15) is 5.26 Å². The fraction of sp³-hybridized carbons (Fsp3) is 0. The van der Waals surface area contributed by atoms with E-state index in [1.807, 2.05) is 6.07 Å². The van der Waals surface area contributed by atoms with E-state index in [0.29, 0.717) is 11.5 Å². The van der Waals surface area contributed by atoms with Crippen molar-refractivity contribution in [1.29, 1.82) is 5.26 Å². The lowest BCUT2D eigenvalue weighted by molar-refractivity contribution is 0.475. The average Bonchev–Trinajstić information content (AvgIpc) is 2.30. The first-order chi connectivity index (χ1) is 7.79. The molecule has 2 aromatic heterocycles. The number of halogens is 1. The van der Waals surface area contributed by atoms with Crippen LogP contribution in [0.3, 0.4) is 0 Å². The van der Waals surface area contributed by atoms with Crippen molar-refractivity contribution >= 4 is 15.9 Å². The van der Waals surface area contributed by atoms with Crippen LogP contribution < -0.4 is 4.74 Å². The minimum absolute atomic E-state index is 0.252. The summed E-state index contributed by atoms with van der Waals surface area (Å²) in [6.45, 7) is 0. The first kappa shape index (κ1) is 10.6. The van der Waals surface area contributed by atoms with Crippen molar-refractivity contribution in [2.75, 3.05) is 0 Å². The molecule has 0 bridgehead atoms. The molecule has 0 fully saturated rings. The second kappa shape index (κ2) is 4.73. The van der Waals surface area contributed by atoms with Crippen LogP contribution in [-0.4, -0.2) is 9.97 Å². The SMILES string of the molecule is N#Cc1ncccc1Oc1cncc(Br)c1. The maximum Gasteiger partial charge on any atom is 0.183 e. The van der Waals surface area contributed by atoms with E-state index in [0.717, 1.165) is 4.47 Å². The van der Waals surface area contributed by atoms with Gasteiger partial charge in [0.05, 0.1) is 6.20 Å². The largest absolute Gasteiger partial charge is 0.453 e. The van der Waals surface area contributed by atoms with Gasteiger partial charge in [-0.25, -0.2) is 4.98 Å². The zero-order chi connectivity index (χ0) is 11.4. The summed E-state index contributed by atoms with van der Waals surface area (Å²) < 4.78 is 6.32. The van der Waals surface area contributed by atoms with E-state index in [2.05, 4.69) is 25.9 Å². The number of ether oxygens (including phenoxy) is 1. The molecule has 2 heterocycles. The predicted molar refractivity (Wildman–Crippen MR) is 61.0 cm³/mol. The lowest BCUT2D eigenvalue weighted by Gasteiger charge is -2.05. The number of hydrogen-bond donors (Lipinski definition) is 0. The van der Waals surface area contributed by atoms with E-state index in [9.17, 15) is 0 Å². The van der Waals surface area contributed by atoms with Crippen LogP contribution in [-0.2, 0) is 0 Å². The Kier molecular flexibility index (Phi) is 3.13. The molecule has 16 heavy (non-hydrogen) atoms. The van der Waals surface area contributed by atoms with Crippen LogP contribution >= 0.6 is 15.9 Å². The molecule has 0 amide bonds. The standard InChI is InChI=1S/C11H6BrN3O/c12-8-4-9(7-14-6-8)16-11-2-1-3-15-10(11)5-13/h1-4,6-7H. The summed E-state index contributed by atoms with van der Waals surface area (Å²) in [7, 11) is 0. The van der Waals surface area contributed by atoms with Crippen LogP contribution in [0.2, 0.25) is 0 Å². The fourth-order valence-corrected chi connectivity index (χ4v) is 1.48. The number of nitrogens with zero attached hydrogens (tertiary/aromatic N) is 3. The van der Waals surface area contributed by atoms with Crippen molar-refractivity contribution < 1.29 is 4.74 Å². The Hall–Kier alpha value is -1.93. The Morgan fingerprint density at radius 3 is 3.00 bits per heavy atom. The minimum Gasteiger partial charge on any atom is -0.453 e. The maximum absolute atomic E-state index is 8.83. The monoisotopic (exact) mass is 275 g/mol. The van der Waals surface area contributed by atoms with Crippen LogP contribution in [0.4, 0.5) is 0 Å². The van der Waals surface area contributed by atoms with Crippen molar-refractivity contribution in [2.45, 2.75) is 0 Å². The van der Waals surface area contributed by atoms with E-state index in [1.54, 1.807) is 36.8 Å². The molecular formula is C11H6BrN3O. The topological polar surface area (TPSA) is 58.8 Å². The van der Waals surface area contributed by atoms with Gasteiger partial charge in [-0.05, 0) is 34.1 Å². The third-order valence-corrected chi connectivity index (χ3v) is 2.22. The van der Waals surface area contributed by atoms with Gasteiger partial charge < -0.3 is 4.74 Å². The summed E-state index contributed by atoms with van der Waals surface area (Å²) in [6, 6.07) is 7.12. The zero-order valence-corrected chi connectivity index (χ0v) is 9.68. The Balaban J connectivity index is 2.31. The van der Waals surface area contributed by atoms with Crippen LogP contribution in [0.15, 0.2) is 41.3 Å². The molecule has 0 spiro atoms.